The van der Waals surface area contributed by atoms with Crippen molar-refractivity contribution in [3.8, 4) is 0 Å². The molecular formula is C11H23O4Si. The molecule has 0 bridgehead atoms. The summed E-state index contributed by atoms with van der Waals surface area (Å²) in [6, 6.07) is 0. The fourth-order valence-electron chi connectivity index (χ4n) is 1.37. The molecule has 0 aromatic carbocycles. The molecular weight excluding hydrogens is 224 g/mol. The molecule has 16 heavy (non-hydrogen) atoms. The Morgan fingerprint density at radius 1 is 1.31 bits per heavy atom. The summed E-state index contributed by atoms with van der Waals surface area (Å²) in [4.78, 5) is 0. The molecule has 0 N–H and O–H groups in total. The second-order valence-corrected chi connectivity index (χ2v) is 6.11. The third-order valence-corrected chi connectivity index (χ3v) is 4.62. The Morgan fingerprint density at radius 2 is 1.94 bits per heavy atom. The number of ether oxygens (including phenoxy) is 2. The fourth-order valence-corrected chi connectivity index (χ4v) is 2.94. The van der Waals surface area contributed by atoms with Crippen LogP contribution in [0.25, 0.3) is 0 Å². The second kappa shape index (κ2) is 8.19. The lowest BCUT2D eigenvalue weighted by Crippen LogP contribution is -2.28. The Balaban J connectivity index is 2.05. The first-order valence-corrected chi connectivity index (χ1v) is 7.49. The van der Waals surface area contributed by atoms with Crippen LogP contribution in [0.1, 0.15) is 27.2 Å². The summed E-state index contributed by atoms with van der Waals surface area (Å²) in [6.07, 6.45) is 1.36. The van der Waals surface area contributed by atoms with Crippen molar-refractivity contribution in [3.63, 3.8) is 0 Å². The molecule has 1 saturated heterocycles. The molecule has 0 spiro atoms. The maximum absolute atomic E-state index is 5.63. The van der Waals surface area contributed by atoms with E-state index in [1.807, 2.05) is 13.8 Å². The number of rotatable bonds is 10. The molecule has 1 rings (SSSR count). The fraction of sp³-hybridized carbons (Fsp3) is 1.00. The highest BCUT2D eigenvalue weighted by molar-refractivity contribution is 6.46. The lowest BCUT2D eigenvalue weighted by atomic mass is 10.3. The Bertz CT molecular complexity index is 169. The summed E-state index contributed by atoms with van der Waals surface area (Å²) in [5.74, 6) is 0. The zero-order valence-corrected chi connectivity index (χ0v) is 11.5. The van der Waals surface area contributed by atoms with Gasteiger partial charge >= 0.3 is 9.28 Å². The van der Waals surface area contributed by atoms with Crippen LogP contribution in [-0.4, -0.2) is 48.4 Å². The molecule has 0 amide bonds. The average Bonchev–Trinajstić information content (AvgIpc) is 3.07. The van der Waals surface area contributed by atoms with E-state index in [1.165, 1.54) is 0 Å². The molecule has 1 heterocycles. The van der Waals surface area contributed by atoms with E-state index in [9.17, 15) is 0 Å². The summed E-state index contributed by atoms with van der Waals surface area (Å²) in [7, 11) is -1.12. The van der Waals surface area contributed by atoms with Crippen LogP contribution in [0.2, 0.25) is 5.54 Å². The summed E-state index contributed by atoms with van der Waals surface area (Å²) in [6.45, 7) is 10.0. The molecule has 2 atom stereocenters. The molecule has 2 unspecified atom stereocenters. The van der Waals surface area contributed by atoms with Gasteiger partial charge < -0.3 is 18.3 Å². The Labute approximate surface area is 100 Å². The molecule has 0 aromatic heterocycles. The van der Waals surface area contributed by atoms with Crippen LogP contribution in [0.4, 0.5) is 0 Å². The maximum atomic E-state index is 5.63. The minimum atomic E-state index is -1.12. The van der Waals surface area contributed by atoms with Crippen molar-refractivity contribution >= 4 is 9.28 Å². The zero-order chi connectivity index (χ0) is 11.8. The van der Waals surface area contributed by atoms with Crippen LogP contribution in [-0.2, 0) is 18.3 Å². The lowest BCUT2D eigenvalue weighted by Gasteiger charge is -2.19. The highest BCUT2D eigenvalue weighted by Gasteiger charge is 2.25. The van der Waals surface area contributed by atoms with Gasteiger partial charge in [0.15, 0.2) is 0 Å². The number of epoxide rings is 1. The minimum absolute atomic E-state index is 0.360. The topological polar surface area (TPSA) is 40.2 Å². The van der Waals surface area contributed by atoms with Gasteiger partial charge in [-0.25, -0.2) is 0 Å². The van der Waals surface area contributed by atoms with E-state index in [4.69, 9.17) is 18.3 Å². The smallest absolute Gasteiger partial charge is 0.387 e. The summed E-state index contributed by atoms with van der Waals surface area (Å²) in [5, 5.41) is 0. The predicted molar refractivity (Wildman–Crippen MR) is 63.6 cm³/mol. The van der Waals surface area contributed by atoms with Crippen LogP contribution < -0.4 is 0 Å². The first kappa shape index (κ1) is 14.1. The van der Waals surface area contributed by atoms with Crippen molar-refractivity contribution in [2.24, 2.45) is 0 Å². The van der Waals surface area contributed by atoms with Crippen molar-refractivity contribution in [2.45, 2.75) is 38.8 Å². The van der Waals surface area contributed by atoms with Crippen LogP contribution in [0, 0.1) is 0 Å². The predicted octanol–water partition coefficient (Wildman–Crippen LogP) is 1.74. The molecule has 1 aliphatic rings. The molecule has 1 fully saturated rings. The van der Waals surface area contributed by atoms with Crippen LogP contribution >= 0.6 is 0 Å². The van der Waals surface area contributed by atoms with Gasteiger partial charge in [0.25, 0.3) is 0 Å². The molecule has 95 valence electrons. The van der Waals surface area contributed by atoms with Gasteiger partial charge in [0.2, 0.25) is 0 Å². The van der Waals surface area contributed by atoms with Gasteiger partial charge in [0, 0.05) is 25.4 Å². The van der Waals surface area contributed by atoms with Crippen LogP contribution in [0.5, 0.6) is 0 Å². The van der Waals surface area contributed by atoms with E-state index in [0.717, 1.165) is 39.5 Å². The highest BCUT2D eigenvalue weighted by atomic mass is 28.3. The van der Waals surface area contributed by atoms with Crippen molar-refractivity contribution in [1.82, 2.24) is 0 Å². The lowest BCUT2D eigenvalue weighted by molar-refractivity contribution is 0.110. The second-order valence-electron chi connectivity index (χ2n) is 3.91. The molecule has 1 aliphatic heterocycles. The number of hydrogen-bond donors (Lipinski definition) is 0. The Morgan fingerprint density at radius 3 is 2.44 bits per heavy atom. The quantitative estimate of drug-likeness (QED) is 0.335. The standard InChI is InChI=1S/C11H23O4Si/c1-4-14-16(15-5-2)10(3)6-7-12-8-11-9-13-11/h10-11H,4-9H2,1-3H3. The van der Waals surface area contributed by atoms with Crippen molar-refractivity contribution in [1.29, 1.82) is 0 Å². The summed E-state index contributed by atoms with van der Waals surface area (Å²) in [5.41, 5.74) is 0.463. The summed E-state index contributed by atoms with van der Waals surface area (Å²) < 4.78 is 21.9. The zero-order valence-electron chi connectivity index (χ0n) is 10.5. The van der Waals surface area contributed by atoms with Gasteiger partial charge in [0.1, 0.15) is 6.10 Å². The average molecular weight is 247 g/mol. The Hall–Kier alpha value is 0.0569. The molecule has 1 radical (unpaired) electrons. The van der Waals surface area contributed by atoms with Crippen molar-refractivity contribution in [3.05, 3.63) is 0 Å². The van der Waals surface area contributed by atoms with E-state index < -0.39 is 9.28 Å². The van der Waals surface area contributed by atoms with Gasteiger partial charge in [0.05, 0.1) is 13.2 Å². The Kier molecular flexibility index (Phi) is 7.23. The monoisotopic (exact) mass is 247 g/mol. The van der Waals surface area contributed by atoms with Gasteiger partial charge in [-0.15, -0.1) is 0 Å². The van der Waals surface area contributed by atoms with Crippen LogP contribution in [0.3, 0.4) is 0 Å². The van der Waals surface area contributed by atoms with E-state index in [-0.39, 0.29) is 0 Å². The minimum Gasteiger partial charge on any atom is -0.393 e. The maximum Gasteiger partial charge on any atom is 0.387 e. The molecule has 0 aromatic rings. The molecule has 4 nitrogen and oxygen atoms in total. The van der Waals surface area contributed by atoms with Crippen LogP contribution in [0.15, 0.2) is 0 Å². The van der Waals surface area contributed by atoms with E-state index in [1.54, 1.807) is 0 Å². The largest absolute Gasteiger partial charge is 0.393 e. The van der Waals surface area contributed by atoms with Gasteiger partial charge in [-0.1, -0.05) is 6.92 Å². The molecule has 0 aliphatic carbocycles. The van der Waals surface area contributed by atoms with Crippen molar-refractivity contribution in [2.75, 3.05) is 33.0 Å². The first-order chi connectivity index (χ1) is 7.77. The third kappa shape index (κ3) is 5.96. The van der Waals surface area contributed by atoms with Gasteiger partial charge in [-0.3, -0.25) is 0 Å². The number of hydrogen-bond acceptors (Lipinski definition) is 4. The molecule has 5 heteroatoms. The first-order valence-electron chi connectivity index (χ1n) is 6.09. The van der Waals surface area contributed by atoms with Gasteiger partial charge in [-0.2, -0.15) is 0 Å². The summed E-state index contributed by atoms with van der Waals surface area (Å²) >= 11 is 0. The van der Waals surface area contributed by atoms with Crippen molar-refractivity contribution < 1.29 is 18.3 Å². The normalized spacial score (nSPS) is 21.4. The van der Waals surface area contributed by atoms with E-state index in [0.29, 0.717) is 11.6 Å². The van der Waals surface area contributed by atoms with E-state index >= 15 is 0 Å². The third-order valence-electron chi connectivity index (χ3n) is 2.38. The highest BCUT2D eigenvalue weighted by Crippen LogP contribution is 2.17. The van der Waals surface area contributed by atoms with Gasteiger partial charge in [-0.05, 0) is 20.3 Å². The van der Waals surface area contributed by atoms with E-state index in [2.05, 4.69) is 6.92 Å². The SMILES string of the molecule is CCO[Si](OCC)C(C)CCOCC1CO1. The molecule has 0 saturated carbocycles.